The van der Waals surface area contributed by atoms with Crippen molar-refractivity contribution < 1.29 is 13.2 Å². The maximum absolute atomic E-state index is 11.9. The molecule has 4 rings (SSSR count). The molecule has 0 unspecified atom stereocenters. The van der Waals surface area contributed by atoms with Crippen LogP contribution in [0, 0.1) is 0 Å². The Hall–Kier alpha value is -2.18. The van der Waals surface area contributed by atoms with Crippen molar-refractivity contribution in [1.29, 1.82) is 0 Å². The van der Waals surface area contributed by atoms with Gasteiger partial charge in [0.2, 0.25) is 10.0 Å². The fourth-order valence-electron chi connectivity index (χ4n) is 2.99. The number of rotatable bonds is 2. The number of nitrogens with zero attached hydrogens (tertiary/aromatic N) is 1. The second kappa shape index (κ2) is 5.43. The first-order chi connectivity index (χ1) is 11.5. The number of halogens is 1. The van der Waals surface area contributed by atoms with Crippen LogP contribution in [0.3, 0.4) is 0 Å². The van der Waals surface area contributed by atoms with Gasteiger partial charge in [-0.15, -0.1) is 0 Å². The van der Waals surface area contributed by atoms with E-state index in [0.29, 0.717) is 17.5 Å². The van der Waals surface area contributed by atoms with Crippen LogP contribution in [0.15, 0.2) is 42.5 Å². The number of hydrogen-bond donors (Lipinski definition) is 1. The van der Waals surface area contributed by atoms with Crippen molar-refractivity contribution in [3.05, 3.63) is 47.6 Å². The van der Waals surface area contributed by atoms with E-state index in [1.807, 2.05) is 36.4 Å². The second-order valence-corrected chi connectivity index (χ2v) is 7.96. The van der Waals surface area contributed by atoms with Crippen molar-refractivity contribution >= 4 is 38.2 Å². The molecule has 0 aliphatic carbocycles. The average molecular weight is 363 g/mol. The van der Waals surface area contributed by atoms with Crippen LogP contribution in [-0.4, -0.2) is 25.8 Å². The molecule has 2 aromatic carbocycles. The maximum Gasteiger partial charge on any atom is 0.235 e. The van der Waals surface area contributed by atoms with Gasteiger partial charge in [-0.1, -0.05) is 29.8 Å². The third kappa shape index (κ3) is 2.52. The van der Waals surface area contributed by atoms with Crippen LogP contribution in [0.4, 0.5) is 5.82 Å². The van der Waals surface area contributed by atoms with Gasteiger partial charge in [-0.05, 0) is 40.6 Å². The Kier molecular flexibility index (Phi) is 3.47. The third-order valence-electron chi connectivity index (χ3n) is 4.24. The number of sulfonamides is 1. The molecule has 3 aromatic rings. The van der Waals surface area contributed by atoms with Gasteiger partial charge in [0.1, 0.15) is 16.7 Å². The average Bonchev–Trinajstić information content (AvgIpc) is 2.88. The predicted molar refractivity (Wildman–Crippen MR) is 96.3 cm³/mol. The minimum Gasteiger partial charge on any atom is -0.497 e. The molecule has 0 saturated carbocycles. The van der Waals surface area contributed by atoms with Gasteiger partial charge in [0.25, 0.3) is 0 Å². The summed E-state index contributed by atoms with van der Waals surface area (Å²) in [6, 6.07) is 13.6. The third-order valence-corrected chi connectivity index (χ3v) is 5.78. The van der Waals surface area contributed by atoms with E-state index in [1.165, 1.54) is 0 Å². The molecular formula is C17H15ClN2O3S. The Morgan fingerprint density at radius 3 is 2.67 bits per heavy atom. The summed E-state index contributed by atoms with van der Waals surface area (Å²) < 4.78 is 33.5. The van der Waals surface area contributed by atoms with E-state index >= 15 is 0 Å². The first-order valence-corrected chi connectivity index (χ1v) is 9.47. The molecule has 0 spiro atoms. The number of aromatic nitrogens is 1. The van der Waals surface area contributed by atoms with Gasteiger partial charge in [0, 0.05) is 12.1 Å². The summed E-state index contributed by atoms with van der Waals surface area (Å²) in [6.07, 6.45) is 0. The zero-order valence-corrected chi connectivity index (χ0v) is 14.5. The summed E-state index contributed by atoms with van der Waals surface area (Å²) in [5, 5.41) is 2.62. The smallest absolute Gasteiger partial charge is 0.235 e. The highest BCUT2D eigenvalue weighted by atomic mass is 35.5. The molecular weight excluding hydrogens is 348 g/mol. The minimum absolute atomic E-state index is 0.0331. The lowest BCUT2D eigenvalue weighted by atomic mass is 10.0. The van der Waals surface area contributed by atoms with E-state index in [2.05, 4.69) is 4.72 Å². The highest BCUT2D eigenvalue weighted by Crippen LogP contribution is 2.38. The van der Waals surface area contributed by atoms with E-state index in [9.17, 15) is 8.42 Å². The van der Waals surface area contributed by atoms with Crippen molar-refractivity contribution in [3.63, 3.8) is 0 Å². The van der Waals surface area contributed by atoms with Crippen molar-refractivity contribution in [2.45, 2.75) is 6.54 Å². The van der Waals surface area contributed by atoms with Crippen LogP contribution in [0.25, 0.3) is 21.9 Å². The monoisotopic (exact) mass is 362 g/mol. The van der Waals surface area contributed by atoms with Crippen LogP contribution in [0.2, 0.25) is 5.15 Å². The normalized spacial score (nSPS) is 15.8. The predicted octanol–water partition coefficient (Wildman–Crippen LogP) is 3.73. The number of fused-ring (bicyclic) bond motifs is 2. The maximum atomic E-state index is 11.9. The Labute approximate surface area is 144 Å². The van der Waals surface area contributed by atoms with Crippen molar-refractivity contribution in [3.8, 4) is 16.9 Å². The van der Waals surface area contributed by atoms with Gasteiger partial charge in [-0.3, -0.25) is 4.72 Å². The molecule has 0 bridgehead atoms. The summed E-state index contributed by atoms with van der Waals surface area (Å²) in [4.78, 5) is 0. The van der Waals surface area contributed by atoms with Crippen LogP contribution in [0.5, 0.6) is 5.75 Å². The largest absolute Gasteiger partial charge is 0.497 e. The lowest BCUT2D eigenvalue weighted by Crippen LogP contribution is -2.27. The van der Waals surface area contributed by atoms with Gasteiger partial charge in [0.05, 0.1) is 12.9 Å². The Morgan fingerprint density at radius 2 is 1.88 bits per heavy atom. The molecule has 1 N–H and O–H groups in total. The Bertz CT molecular complexity index is 1060. The van der Waals surface area contributed by atoms with Crippen molar-refractivity contribution in [2.75, 3.05) is 17.6 Å². The molecule has 2 heterocycles. The molecule has 0 atom stereocenters. The minimum atomic E-state index is -3.31. The molecule has 1 aromatic heterocycles. The number of ether oxygens (including phenoxy) is 1. The topological polar surface area (TPSA) is 60.3 Å². The molecule has 1 aliphatic rings. The molecule has 0 fully saturated rings. The van der Waals surface area contributed by atoms with E-state index < -0.39 is 10.0 Å². The summed E-state index contributed by atoms with van der Waals surface area (Å²) >= 11 is 6.28. The van der Waals surface area contributed by atoms with E-state index in [-0.39, 0.29) is 5.75 Å². The molecule has 124 valence electrons. The number of hydrogen-bond acceptors (Lipinski definition) is 3. The van der Waals surface area contributed by atoms with Gasteiger partial charge in [-0.25, -0.2) is 8.42 Å². The highest BCUT2D eigenvalue weighted by Gasteiger charge is 2.25. The first kappa shape index (κ1) is 15.4. The quantitative estimate of drug-likeness (QED) is 0.755. The Morgan fingerprint density at radius 1 is 1.12 bits per heavy atom. The van der Waals surface area contributed by atoms with E-state index in [4.69, 9.17) is 16.3 Å². The molecule has 24 heavy (non-hydrogen) atoms. The summed E-state index contributed by atoms with van der Waals surface area (Å²) in [5.74, 6) is 1.36. The fraction of sp³-hybridized carbons (Fsp3) is 0.176. The summed E-state index contributed by atoms with van der Waals surface area (Å²) in [6.45, 7) is 0.355. The molecule has 0 radical (unpaired) electrons. The van der Waals surface area contributed by atoms with Crippen LogP contribution >= 0.6 is 11.6 Å². The number of nitrogens with one attached hydrogen (secondary N) is 1. The molecule has 0 saturated heterocycles. The molecule has 0 amide bonds. The number of anilines is 1. The van der Waals surface area contributed by atoms with E-state index in [0.717, 1.165) is 27.6 Å². The Balaban J connectivity index is 1.86. The van der Waals surface area contributed by atoms with Crippen molar-refractivity contribution in [1.82, 2.24) is 4.57 Å². The second-order valence-electron chi connectivity index (χ2n) is 5.73. The standard InChI is InChI=1S/C17H15ClN2O3S/c1-23-14-5-4-11-8-13(3-2-12(11)9-14)15-10-16(18)20-6-7-24(21,22)19-17(15)20/h2-5,8-10,19H,6-7H2,1H3. The van der Waals surface area contributed by atoms with E-state index in [1.54, 1.807) is 17.7 Å². The molecule has 7 heteroatoms. The zero-order valence-electron chi connectivity index (χ0n) is 12.9. The number of methoxy groups -OCH3 is 1. The molecule has 1 aliphatic heterocycles. The highest BCUT2D eigenvalue weighted by molar-refractivity contribution is 7.92. The lowest BCUT2D eigenvalue weighted by molar-refractivity contribution is 0.415. The van der Waals surface area contributed by atoms with Crippen LogP contribution in [0.1, 0.15) is 0 Å². The van der Waals surface area contributed by atoms with Gasteiger partial charge < -0.3 is 9.30 Å². The summed E-state index contributed by atoms with van der Waals surface area (Å²) in [7, 11) is -1.67. The van der Waals surface area contributed by atoms with Gasteiger partial charge in [-0.2, -0.15) is 0 Å². The van der Waals surface area contributed by atoms with Crippen LogP contribution < -0.4 is 9.46 Å². The van der Waals surface area contributed by atoms with Gasteiger partial charge in [0.15, 0.2) is 0 Å². The van der Waals surface area contributed by atoms with Gasteiger partial charge >= 0.3 is 0 Å². The number of benzene rings is 2. The summed E-state index contributed by atoms with van der Waals surface area (Å²) in [5.41, 5.74) is 1.69. The first-order valence-electron chi connectivity index (χ1n) is 7.44. The fourth-order valence-corrected chi connectivity index (χ4v) is 4.31. The van der Waals surface area contributed by atoms with Crippen molar-refractivity contribution in [2.24, 2.45) is 0 Å². The SMILES string of the molecule is COc1ccc2cc(-c3cc(Cl)n4c3NS(=O)(=O)CC4)ccc2c1. The zero-order chi connectivity index (χ0) is 16.9. The lowest BCUT2D eigenvalue weighted by Gasteiger charge is -2.19. The molecule has 5 nitrogen and oxygen atoms in total. The van der Waals surface area contributed by atoms with Crippen LogP contribution in [-0.2, 0) is 16.6 Å².